The molecule has 3 aromatic carbocycles. The molecule has 0 radical (unpaired) electrons. The molecule has 0 aliphatic rings. The molecule has 2 nitrogen and oxygen atoms in total. The molecule has 4 heteroatoms. The summed E-state index contributed by atoms with van der Waals surface area (Å²) >= 11 is 6.78. The van der Waals surface area contributed by atoms with Crippen molar-refractivity contribution in [2.45, 2.75) is 39.3 Å². The SMILES string of the molecule is CC(=O)Cc1ccc(Br)cc1.CC(Cc1ccc(Br)cc1)NCc1ccccc1. The first-order valence-electron chi connectivity index (χ1n) is 9.68. The average Bonchev–Trinajstić information content (AvgIpc) is 2.71. The molecular formula is C25H27Br2NO. The van der Waals surface area contributed by atoms with Crippen LogP contribution in [0.1, 0.15) is 30.5 Å². The molecule has 1 atom stereocenters. The quantitative estimate of drug-likeness (QED) is 0.376. The van der Waals surface area contributed by atoms with Gasteiger partial charge in [0.2, 0.25) is 0 Å². The number of benzene rings is 3. The van der Waals surface area contributed by atoms with Crippen LogP contribution in [0.4, 0.5) is 0 Å². The highest BCUT2D eigenvalue weighted by atomic mass is 79.9. The summed E-state index contributed by atoms with van der Waals surface area (Å²) in [4.78, 5) is 10.7. The van der Waals surface area contributed by atoms with Gasteiger partial charge in [-0.05, 0) is 61.2 Å². The Morgan fingerprint density at radius 2 is 1.31 bits per heavy atom. The van der Waals surface area contributed by atoms with Gasteiger partial charge < -0.3 is 5.32 Å². The van der Waals surface area contributed by atoms with Crippen molar-refractivity contribution >= 4 is 37.6 Å². The van der Waals surface area contributed by atoms with Crippen LogP contribution in [0.25, 0.3) is 0 Å². The molecule has 0 aromatic heterocycles. The summed E-state index contributed by atoms with van der Waals surface area (Å²) in [7, 11) is 0. The molecule has 3 aromatic rings. The Bertz CT molecular complexity index is 862. The van der Waals surface area contributed by atoms with E-state index in [2.05, 4.69) is 98.7 Å². The Kier molecular flexibility index (Phi) is 10.3. The van der Waals surface area contributed by atoms with Gasteiger partial charge in [0.05, 0.1) is 0 Å². The van der Waals surface area contributed by atoms with Gasteiger partial charge >= 0.3 is 0 Å². The Labute approximate surface area is 191 Å². The number of ketones is 1. The third-order valence-electron chi connectivity index (χ3n) is 4.32. The molecule has 1 unspecified atom stereocenters. The lowest BCUT2D eigenvalue weighted by Gasteiger charge is -2.14. The van der Waals surface area contributed by atoms with Gasteiger partial charge in [0.15, 0.2) is 0 Å². The summed E-state index contributed by atoms with van der Waals surface area (Å²) in [6.45, 7) is 4.76. The van der Waals surface area contributed by atoms with E-state index in [9.17, 15) is 4.79 Å². The van der Waals surface area contributed by atoms with Gasteiger partial charge in [0, 0.05) is 28.0 Å². The van der Waals surface area contributed by atoms with Crippen molar-refractivity contribution in [3.8, 4) is 0 Å². The molecule has 1 N–H and O–H groups in total. The van der Waals surface area contributed by atoms with Gasteiger partial charge in [-0.3, -0.25) is 4.79 Å². The fraction of sp³-hybridized carbons (Fsp3) is 0.240. The van der Waals surface area contributed by atoms with Gasteiger partial charge in [-0.2, -0.15) is 0 Å². The summed E-state index contributed by atoms with van der Waals surface area (Å²) in [6, 6.07) is 27.3. The molecule has 0 aliphatic heterocycles. The van der Waals surface area contributed by atoms with Crippen molar-refractivity contribution < 1.29 is 4.79 Å². The molecule has 0 fully saturated rings. The summed E-state index contributed by atoms with van der Waals surface area (Å²) < 4.78 is 2.18. The fourth-order valence-corrected chi connectivity index (χ4v) is 3.35. The zero-order valence-electron chi connectivity index (χ0n) is 16.9. The molecular weight excluding hydrogens is 490 g/mol. The van der Waals surface area contributed by atoms with Crippen LogP contribution in [0, 0.1) is 0 Å². The average molecular weight is 517 g/mol. The summed E-state index contributed by atoms with van der Waals surface area (Å²) in [6.07, 6.45) is 1.59. The second kappa shape index (κ2) is 12.7. The van der Waals surface area contributed by atoms with Crippen molar-refractivity contribution in [1.82, 2.24) is 5.32 Å². The Morgan fingerprint density at radius 3 is 1.83 bits per heavy atom. The Morgan fingerprint density at radius 1 is 0.793 bits per heavy atom. The predicted molar refractivity (Wildman–Crippen MR) is 129 cm³/mol. The summed E-state index contributed by atoms with van der Waals surface area (Å²) in [5, 5.41) is 3.55. The topological polar surface area (TPSA) is 29.1 Å². The van der Waals surface area contributed by atoms with Crippen molar-refractivity contribution in [1.29, 1.82) is 0 Å². The lowest BCUT2D eigenvalue weighted by Crippen LogP contribution is -2.27. The molecule has 0 saturated heterocycles. The van der Waals surface area contributed by atoms with E-state index in [0.717, 1.165) is 27.5 Å². The van der Waals surface area contributed by atoms with Crippen LogP contribution in [0.3, 0.4) is 0 Å². The highest BCUT2D eigenvalue weighted by Crippen LogP contribution is 2.12. The van der Waals surface area contributed by atoms with E-state index in [-0.39, 0.29) is 5.78 Å². The molecule has 0 amide bonds. The normalized spacial score (nSPS) is 11.3. The number of rotatable bonds is 7. The van der Waals surface area contributed by atoms with Gasteiger partial charge in [0.25, 0.3) is 0 Å². The monoisotopic (exact) mass is 515 g/mol. The van der Waals surface area contributed by atoms with E-state index in [1.165, 1.54) is 11.1 Å². The number of nitrogens with one attached hydrogen (secondary N) is 1. The third-order valence-corrected chi connectivity index (χ3v) is 5.38. The lowest BCUT2D eigenvalue weighted by atomic mass is 10.1. The van der Waals surface area contributed by atoms with E-state index in [1.54, 1.807) is 6.92 Å². The first-order valence-corrected chi connectivity index (χ1v) is 11.3. The third kappa shape index (κ3) is 10.0. The standard InChI is InChI=1S/C16H18BrN.C9H9BrO/c1-13(11-14-7-9-16(17)10-8-14)18-12-15-5-3-2-4-6-15;1-7(11)6-8-2-4-9(10)5-3-8/h2-10,13,18H,11-12H2,1H3;2-5H,6H2,1H3. The van der Waals surface area contributed by atoms with Crippen LogP contribution < -0.4 is 5.32 Å². The zero-order chi connectivity index (χ0) is 21.1. The number of Topliss-reactive ketones (excluding diaryl/α,β-unsaturated/α-hetero) is 1. The highest BCUT2D eigenvalue weighted by molar-refractivity contribution is 9.10. The molecule has 3 rings (SSSR count). The van der Waals surface area contributed by atoms with E-state index >= 15 is 0 Å². The Balaban J connectivity index is 0.000000234. The van der Waals surface area contributed by atoms with Crippen molar-refractivity contribution in [3.05, 3.63) is 104 Å². The number of halogens is 2. The van der Waals surface area contributed by atoms with Gasteiger partial charge in [0.1, 0.15) is 5.78 Å². The smallest absolute Gasteiger partial charge is 0.134 e. The molecule has 0 bridgehead atoms. The fourth-order valence-electron chi connectivity index (χ4n) is 2.82. The second-order valence-corrected chi connectivity index (χ2v) is 8.93. The molecule has 0 heterocycles. The number of carbonyl (C=O) groups is 1. The van der Waals surface area contributed by atoms with E-state index in [4.69, 9.17) is 0 Å². The van der Waals surface area contributed by atoms with Crippen LogP contribution >= 0.6 is 31.9 Å². The van der Waals surface area contributed by atoms with Gasteiger partial charge in [-0.25, -0.2) is 0 Å². The molecule has 0 saturated carbocycles. The maximum Gasteiger partial charge on any atom is 0.134 e. The minimum absolute atomic E-state index is 0.201. The minimum Gasteiger partial charge on any atom is -0.310 e. The highest BCUT2D eigenvalue weighted by Gasteiger charge is 2.03. The predicted octanol–water partition coefficient (Wildman–Crippen LogP) is 6.75. The van der Waals surface area contributed by atoms with E-state index in [1.807, 2.05) is 24.3 Å². The second-order valence-electron chi connectivity index (χ2n) is 7.10. The summed E-state index contributed by atoms with van der Waals surface area (Å²) in [5.74, 6) is 0.201. The van der Waals surface area contributed by atoms with Crippen LogP contribution in [0.15, 0.2) is 87.8 Å². The van der Waals surface area contributed by atoms with Crippen LogP contribution in [0.5, 0.6) is 0 Å². The van der Waals surface area contributed by atoms with Crippen LogP contribution in [0.2, 0.25) is 0 Å². The largest absolute Gasteiger partial charge is 0.310 e. The number of hydrogen-bond donors (Lipinski definition) is 1. The van der Waals surface area contributed by atoms with Gasteiger partial charge in [-0.1, -0.05) is 86.5 Å². The first-order chi connectivity index (χ1) is 13.9. The van der Waals surface area contributed by atoms with Crippen LogP contribution in [-0.4, -0.2) is 11.8 Å². The van der Waals surface area contributed by atoms with Crippen molar-refractivity contribution in [2.75, 3.05) is 0 Å². The maximum absolute atomic E-state index is 10.7. The molecule has 0 aliphatic carbocycles. The molecule has 152 valence electrons. The van der Waals surface area contributed by atoms with Gasteiger partial charge in [-0.15, -0.1) is 0 Å². The lowest BCUT2D eigenvalue weighted by molar-refractivity contribution is -0.116. The minimum atomic E-state index is 0.201. The van der Waals surface area contributed by atoms with E-state index in [0.29, 0.717) is 12.5 Å². The number of carbonyl (C=O) groups excluding carboxylic acids is 1. The molecule has 29 heavy (non-hydrogen) atoms. The van der Waals surface area contributed by atoms with E-state index < -0.39 is 0 Å². The summed E-state index contributed by atoms with van der Waals surface area (Å²) in [5.41, 5.74) is 3.77. The zero-order valence-corrected chi connectivity index (χ0v) is 20.0. The maximum atomic E-state index is 10.7. The van der Waals surface area contributed by atoms with Crippen molar-refractivity contribution in [3.63, 3.8) is 0 Å². The van der Waals surface area contributed by atoms with Crippen LogP contribution in [-0.2, 0) is 24.2 Å². The van der Waals surface area contributed by atoms with Crippen molar-refractivity contribution in [2.24, 2.45) is 0 Å². The number of hydrogen-bond acceptors (Lipinski definition) is 2. The Hall–Kier alpha value is -1.75. The molecule has 0 spiro atoms. The first kappa shape index (κ1) is 23.5.